The van der Waals surface area contributed by atoms with Gasteiger partial charge in [-0.15, -0.1) is 0 Å². The van der Waals surface area contributed by atoms with Gasteiger partial charge in [0, 0.05) is 11.3 Å². The van der Waals surface area contributed by atoms with Gasteiger partial charge in [0.25, 0.3) is 5.91 Å². The van der Waals surface area contributed by atoms with Gasteiger partial charge in [-0.05, 0) is 39.0 Å². The van der Waals surface area contributed by atoms with E-state index in [-0.39, 0.29) is 34.1 Å². The van der Waals surface area contributed by atoms with Crippen molar-refractivity contribution in [3.05, 3.63) is 64.6 Å². The summed E-state index contributed by atoms with van der Waals surface area (Å²) in [5.74, 6) is -1.91. The number of benzene rings is 1. The number of carboxylic acids is 1. The van der Waals surface area contributed by atoms with Gasteiger partial charge in [-0.2, -0.15) is 18.3 Å². The van der Waals surface area contributed by atoms with Gasteiger partial charge in [0.15, 0.2) is 18.1 Å². The normalized spacial score (nSPS) is 12.6. The fourth-order valence-corrected chi connectivity index (χ4v) is 3.12. The average Bonchev–Trinajstić information content (AvgIpc) is 3.22. The van der Waals surface area contributed by atoms with E-state index in [1.165, 1.54) is 37.6 Å². The Morgan fingerprint density at radius 2 is 1.93 bits per heavy atom. The molecule has 0 saturated carbocycles. The second-order valence-corrected chi connectivity index (χ2v) is 6.55. The van der Waals surface area contributed by atoms with E-state index in [4.69, 9.17) is 4.42 Å². The standard InChI is InChI=1S/C19H17F3N4O4/c1-9-14(16(18(28)29)24-17(27)15-11(3)30-8-23-15)10(2)26(25-9)13-6-4-5-12(7-13)19(20,21)22/h4-8,16H,1-3H3,(H,24,27)(H,28,29)/t16-/m0/s1. The Balaban J connectivity index is 2.02. The molecule has 158 valence electrons. The largest absolute Gasteiger partial charge is 0.479 e. The van der Waals surface area contributed by atoms with Crippen LogP contribution in [0.25, 0.3) is 5.69 Å². The first-order chi connectivity index (χ1) is 14.0. The molecule has 3 rings (SSSR count). The fraction of sp³-hybridized carbons (Fsp3) is 0.263. The summed E-state index contributed by atoms with van der Waals surface area (Å²) in [6.07, 6.45) is -3.48. The number of carbonyl (C=O) groups is 2. The highest BCUT2D eigenvalue weighted by Crippen LogP contribution is 2.31. The molecule has 11 heteroatoms. The number of nitrogens with zero attached hydrogens (tertiary/aromatic N) is 3. The predicted molar refractivity (Wildman–Crippen MR) is 97.1 cm³/mol. The first-order valence-corrected chi connectivity index (χ1v) is 8.68. The molecule has 0 saturated heterocycles. The highest BCUT2D eigenvalue weighted by Gasteiger charge is 2.32. The second-order valence-electron chi connectivity index (χ2n) is 6.55. The van der Waals surface area contributed by atoms with Crippen molar-refractivity contribution >= 4 is 11.9 Å². The number of aromatic nitrogens is 3. The molecule has 0 spiro atoms. The Morgan fingerprint density at radius 1 is 1.23 bits per heavy atom. The number of carboxylic acid groups (broad SMARTS) is 1. The van der Waals surface area contributed by atoms with Crippen LogP contribution in [0, 0.1) is 20.8 Å². The molecule has 2 heterocycles. The molecular weight excluding hydrogens is 405 g/mol. The van der Waals surface area contributed by atoms with Crippen LogP contribution < -0.4 is 5.32 Å². The molecule has 0 aliphatic carbocycles. The minimum Gasteiger partial charge on any atom is -0.479 e. The van der Waals surface area contributed by atoms with Crippen molar-refractivity contribution in [2.24, 2.45) is 0 Å². The van der Waals surface area contributed by atoms with E-state index in [0.29, 0.717) is 0 Å². The zero-order valence-electron chi connectivity index (χ0n) is 16.1. The van der Waals surface area contributed by atoms with Crippen LogP contribution in [-0.4, -0.2) is 31.7 Å². The lowest BCUT2D eigenvalue weighted by atomic mass is 10.0. The summed E-state index contributed by atoms with van der Waals surface area (Å²) in [5.41, 5.74) is -0.139. The fourth-order valence-electron chi connectivity index (χ4n) is 3.12. The molecule has 2 N–H and O–H groups in total. The summed E-state index contributed by atoms with van der Waals surface area (Å²) >= 11 is 0. The smallest absolute Gasteiger partial charge is 0.416 e. The van der Waals surface area contributed by atoms with Gasteiger partial charge in [-0.3, -0.25) is 4.79 Å². The van der Waals surface area contributed by atoms with Crippen molar-refractivity contribution in [3.8, 4) is 5.69 Å². The summed E-state index contributed by atoms with van der Waals surface area (Å²) in [5, 5.41) is 16.2. The van der Waals surface area contributed by atoms with E-state index in [0.717, 1.165) is 18.5 Å². The molecular formula is C19H17F3N4O4. The lowest BCUT2D eigenvalue weighted by molar-refractivity contribution is -0.139. The van der Waals surface area contributed by atoms with Crippen molar-refractivity contribution in [3.63, 3.8) is 0 Å². The van der Waals surface area contributed by atoms with Gasteiger partial charge in [0.2, 0.25) is 0 Å². The average molecular weight is 422 g/mol. The zero-order valence-corrected chi connectivity index (χ0v) is 16.1. The Hall–Kier alpha value is -3.63. The van der Waals surface area contributed by atoms with Crippen molar-refractivity contribution < 1.29 is 32.3 Å². The second kappa shape index (κ2) is 7.65. The third-order valence-electron chi connectivity index (χ3n) is 4.54. The predicted octanol–water partition coefficient (Wildman–Crippen LogP) is 3.36. The van der Waals surface area contributed by atoms with Crippen LogP contribution in [0.1, 0.15) is 44.8 Å². The maximum absolute atomic E-state index is 13.0. The summed E-state index contributed by atoms with van der Waals surface area (Å²) in [7, 11) is 0. The molecule has 0 unspecified atom stereocenters. The topological polar surface area (TPSA) is 110 Å². The first-order valence-electron chi connectivity index (χ1n) is 8.68. The Labute approximate surface area is 168 Å². The summed E-state index contributed by atoms with van der Waals surface area (Å²) in [4.78, 5) is 28.1. The number of halogens is 3. The Morgan fingerprint density at radius 3 is 2.50 bits per heavy atom. The van der Waals surface area contributed by atoms with Gasteiger partial charge in [0.1, 0.15) is 5.76 Å². The Kier molecular flexibility index (Phi) is 5.38. The molecule has 30 heavy (non-hydrogen) atoms. The number of aliphatic carboxylic acids is 1. The number of amides is 1. The summed E-state index contributed by atoms with van der Waals surface area (Å²) in [6, 6.07) is 3.00. The van der Waals surface area contributed by atoms with Crippen LogP contribution in [-0.2, 0) is 11.0 Å². The molecule has 0 radical (unpaired) electrons. The molecule has 2 aromatic heterocycles. The van der Waals surface area contributed by atoms with Crippen molar-refractivity contribution in [1.29, 1.82) is 0 Å². The lowest BCUT2D eigenvalue weighted by Gasteiger charge is -2.15. The van der Waals surface area contributed by atoms with Gasteiger partial charge < -0.3 is 14.8 Å². The summed E-state index contributed by atoms with van der Waals surface area (Å²) < 4.78 is 45.3. The van der Waals surface area contributed by atoms with Crippen LogP contribution in [0.3, 0.4) is 0 Å². The molecule has 0 fully saturated rings. The van der Waals surface area contributed by atoms with Crippen LogP contribution in [0.2, 0.25) is 0 Å². The quantitative estimate of drug-likeness (QED) is 0.653. The van der Waals surface area contributed by atoms with Crippen LogP contribution in [0.5, 0.6) is 0 Å². The number of alkyl halides is 3. The van der Waals surface area contributed by atoms with Crippen LogP contribution in [0.15, 0.2) is 35.1 Å². The minimum absolute atomic E-state index is 0.0678. The number of oxazole rings is 1. The van der Waals surface area contributed by atoms with E-state index in [1.54, 1.807) is 0 Å². The number of nitrogens with one attached hydrogen (secondary N) is 1. The van der Waals surface area contributed by atoms with E-state index >= 15 is 0 Å². The maximum atomic E-state index is 13.0. The number of hydrogen-bond acceptors (Lipinski definition) is 5. The molecule has 1 amide bonds. The van der Waals surface area contributed by atoms with Crippen LogP contribution >= 0.6 is 0 Å². The number of carbonyl (C=O) groups excluding carboxylic acids is 1. The highest BCUT2D eigenvalue weighted by molar-refractivity contribution is 5.96. The van der Waals surface area contributed by atoms with Gasteiger partial charge in [-0.25, -0.2) is 14.5 Å². The lowest BCUT2D eigenvalue weighted by Crippen LogP contribution is -2.35. The number of rotatable bonds is 5. The Bertz CT molecular complexity index is 1120. The number of aryl methyl sites for hydroxylation is 2. The molecule has 1 atom stereocenters. The maximum Gasteiger partial charge on any atom is 0.416 e. The summed E-state index contributed by atoms with van der Waals surface area (Å²) in [6.45, 7) is 4.52. The monoisotopic (exact) mass is 422 g/mol. The molecule has 0 aliphatic heterocycles. The van der Waals surface area contributed by atoms with E-state index in [1.807, 2.05) is 0 Å². The van der Waals surface area contributed by atoms with Gasteiger partial charge in [0.05, 0.1) is 16.9 Å². The molecule has 0 bridgehead atoms. The number of hydrogen-bond donors (Lipinski definition) is 2. The zero-order chi connectivity index (χ0) is 22.2. The molecule has 1 aromatic carbocycles. The van der Waals surface area contributed by atoms with E-state index < -0.39 is 29.7 Å². The molecule has 0 aliphatic rings. The van der Waals surface area contributed by atoms with E-state index in [2.05, 4.69) is 15.4 Å². The van der Waals surface area contributed by atoms with Crippen LogP contribution in [0.4, 0.5) is 13.2 Å². The third-order valence-corrected chi connectivity index (χ3v) is 4.54. The minimum atomic E-state index is -4.54. The van der Waals surface area contributed by atoms with Crippen molar-refractivity contribution in [2.45, 2.75) is 33.0 Å². The van der Waals surface area contributed by atoms with Crippen molar-refractivity contribution in [2.75, 3.05) is 0 Å². The highest BCUT2D eigenvalue weighted by atomic mass is 19.4. The first kappa shape index (κ1) is 21.1. The third kappa shape index (κ3) is 3.91. The van der Waals surface area contributed by atoms with Gasteiger partial charge >= 0.3 is 12.1 Å². The SMILES string of the molecule is Cc1nn(-c2cccc(C(F)(F)F)c2)c(C)c1[C@H](NC(=O)c1ncoc1C)C(=O)O. The molecule has 8 nitrogen and oxygen atoms in total. The van der Waals surface area contributed by atoms with E-state index in [9.17, 15) is 27.9 Å². The van der Waals surface area contributed by atoms with Gasteiger partial charge in [-0.1, -0.05) is 6.07 Å². The van der Waals surface area contributed by atoms with Crippen molar-refractivity contribution in [1.82, 2.24) is 20.1 Å². The molecule has 3 aromatic rings.